The number of halogens is 2. The molecule has 1 aromatic rings. The van der Waals surface area contributed by atoms with Crippen LogP contribution < -0.4 is 5.32 Å². The number of carbonyl (C=O) groups excluding carboxylic acids is 2. The molecule has 0 saturated carbocycles. The molecule has 24 heavy (non-hydrogen) atoms. The lowest BCUT2D eigenvalue weighted by Gasteiger charge is -2.35. The Hall–Kier alpha value is -1.50. The largest absolute Gasteiger partial charge is 0.368 e. The molecule has 1 N–H and O–H groups in total. The topological polar surface area (TPSA) is 61.9 Å². The normalized spacial score (nSPS) is 21.0. The standard InChI is InChI=1S/C16H19Cl2N3O3/c17-11-3-1-4-12(14(11)18)19-16(23)21-8-6-20(7-9-21)15(22)13-5-2-10-24-13/h1,3-4,13H,2,5-10H2,(H,19,23)/t13-/m1/s1. The molecule has 3 rings (SSSR count). The van der Waals surface area contributed by atoms with E-state index in [9.17, 15) is 9.59 Å². The first-order valence-corrected chi connectivity index (χ1v) is 8.72. The van der Waals surface area contributed by atoms with E-state index >= 15 is 0 Å². The number of rotatable bonds is 2. The van der Waals surface area contributed by atoms with Gasteiger partial charge >= 0.3 is 6.03 Å². The minimum absolute atomic E-state index is 0.0328. The number of nitrogens with zero attached hydrogens (tertiary/aromatic N) is 2. The second-order valence-corrected chi connectivity index (χ2v) is 6.63. The van der Waals surface area contributed by atoms with Gasteiger partial charge in [-0.1, -0.05) is 29.3 Å². The lowest BCUT2D eigenvalue weighted by molar-refractivity contribution is -0.142. The summed E-state index contributed by atoms with van der Waals surface area (Å²) in [4.78, 5) is 28.1. The van der Waals surface area contributed by atoms with Gasteiger partial charge in [0.05, 0.1) is 15.7 Å². The van der Waals surface area contributed by atoms with Crippen molar-refractivity contribution in [2.75, 3.05) is 38.1 Å². The molecule has 130 valence electrons. The van der Waals surface area contributed by atoms with Gasteiger partial charge in [-0.15, -0.1) is 0 Å². The van der Waals surface area contributed by atoms with Crippen molar-refractivity contribution in [3.63, 3.8) is 0 Å². The molecule has 1 atom stereocenters. The maximum absolute atomic E-state index is 12.3. The molecule has 0 aromatic heterocycles. The number of benzene rings is 1. The van der Waals surface area contributed by atoms with Crippen molar-refractivity contribution in [2.24, 2.45) is 0 Å². The van der Waals surface area contributed by atoms with E-state index in [0.717, 1.165) is 12.8 Å². The smallest absolute Gasteiger partial charge is 0.322 e. The Morgan fingerprint density at radius 3 is 2.50 bits per heavy atom. The molecule has 0 radical (unpaired) electrons. The molecule has 1 aromatic carbocycles. The van der Waals surface area contributed by atoms with Gasteiger partial charge in [0.15, 0.2) is 0 Å². The zero-order chi connectivity index (χ0) is 17.1. The summed E-state index contributed by atoms with van der Waals surface area (Å²) in [6.07, 6.45) is 1.40. The van der Waals surface area contributed by atoms with E-state index in [1.165, 1.54) is 0 Å². The van der Waals surface area contributed by atoms with Crippen molar-refractivity contribution < 1.29 is 14.3 Å². The van der Waals surface area contributed by atoms with Gasteiger partial charge in [-0.25, -0.2) is 4.79 Å². The number of hydrogen-bond acceptors (Lipinski definition) is 3. The lowest BCUT2D eigenvalue weighted by atomic mass is 10.2. The number of nitrogens with one attached hydrogen (secondary N) is 1. The van der Waals surface area contributed by atoms with Crippen molar-refractivity contribution in [1.82, 2.24) is 9.80 Å². The first-order chi connectivity index (χ1) is 11.6. The third-order valence-corrected chi connectivity index (χ3v) is 5.10. The minimum atomic E-state index is -0.310. The third-order valence-electron chi connectivity index (χ3n) is 4.28. The summed E-state index contributed by atoms with van der Waals surface area (Å²) < 4.78 is 5.43. The van der Waals surface area contributed by atoms with Crippen molar-refractivity contribution in [3.8, 4) is 0 Å². The molecule has 2 heterocycles. The summed E-state index contributed by atoms with van der Waals surface area (Å²) in [6.45, 7) is 2.62. The van der Waals surface area contributed by atoms with Gasteiger partial charge in [-0.2, -0.15) is 0 Å². The van der Waals surface area contributed by atoms with E-state index < -0.39 is 0 Å². The van der Waals surface area contributed by atoms with Crippen molar-refractivity contribution in [1.29, 1.82) is 0 Å². The van der Waals surface area contributed by atoms with Crippen molar-refractivity contribution >= 4 is 40.8 Å². The van der Waals surface area contributed by atoms with Crippen LogP contribution in [0.15, 0.2) is 18.2 Å². The van der Waals surface area contributed by atoms with Crippen LogP contribution in [-0.2, 0) is 9.53 Å². The fourth-order valence-electron chi connectivity index (χ4n) is 2.90. The molecule has 0 aliphatic carbocycles. The molecule has 2 fully saturated rings. The van der Waals surface area contributed by atoms with Crippen LogP contribution in [0, 0.1) is 0 Å². The summed E-state index contributed by atoms with van der Waals surface area (Å²) in [6, 6.07) is 4.84. The molecule has 8 heteroatoms. The van der Waals surface area contributed by atoms with Crippen molar-refractivity contribution in [3.05, 3.63) is 28.2 Å². The molecule has 6 nitrogen and oxygen atoms in total. The molecule has 2 saturated heterocycles. The Labute approximate surface area is 150 Å². The minimum Gasteiger partial charge on any atom is -0.368 e. The van der Waals surface area contributed by atoms with Crippen LogP contribution in [0.1, 0.15) is 12.8 Å². The number of anilines is 1. The first-order valence-electron chi connectivity index (χ1n) is 7.96. The number of hydrogen-bond donors (Lipinski definition) is 1. The summed E-state index contributed by atoms with van der Waals surface area (Å²) in [5.41, 5.74) is 0.479. The highest BCUT2D eigenvalue weighted by molar-refractivity contribution is 6.43. The molecule has 0 unspecified atom stereocenters. The molecule has 3 amide bonds. The quantitative estimate of drug-likeness (QED) is 0.869. The van der Waals surface area contributed by atoms with Gasteiger partial charge < -0.3 is 19.9 Å². The lowest BCUT2D eigenvalue weighted by Crippen LogP contribution is -2.53. The van der Waals surface area contributed by atoms with E-state index in [2.05, 4.69) is 5.32 Å². The Morgan fingerprint density at radius 2 is 1.83 bits per heavy atom. The summed E-state index contributed by atoms with van der Waals surface area (Å²) in [7, 11) is 0. The molecular weight excluding hydrogens is 353 g/mol. The molecular formula is C16H19Cl2N3O3. The number of amides is 3. The summed E-state index contributed by atoms with van der Waals surface area (Å²) >= 11 is 12.0. The zero-order valence-corrected chi connectivity index (χ0v) is 14.6. The number of carbonyl (C=O) groups is 2. The molecule has 0 bridgehead atoms. The zero-order valence-electron chi connectivity index (χ0n) is 13.1. The van der Waals surface area contributed by atoms with Crippen LogP contribution >= 0.6 is 23.2 Å². The predicted molar refractivity (Wildman–Crippen MR) is 92.6 cm³/mol. The average Bonchev–Trinajstić information content (AvgIpc) is 3.13. The monoisotopic (exact) mass is 371 g/mol. The Kier molecular flexibility index (Phi) is 5.48. The van der Waals surface area contributed by atoms with E-state index in [-0.39, 0.29) is 18.0 Å². The Morgan fingerprint density at radius 1 is 1.12 bits per heavy atom. The van der Waals surface area contributed by atoms with Crippen LogP contribution in [0.25, 0.3) is 0 Å². The van der Waals surface area contributed by atoms with Crippen LogP contribution in [0.2, 0.25) is 10.0 Å². The van der Waals surface area contributed by atoms with Crippen LogP contribution in [0.4, 0.5) is 10.5 Å². The highest BCUT2D eigenvalue weighted by atomic mass is 35.5. The second kappa shape index (κ2) is 7.59. The number of urea groups is 1. The summed E-state index contributed by atoms with van der Waals surface area (Å²) in [5.74, 6) is 0.0328. The maximum atomic E-state index is 12.3. The van der Waals surface area contributed by atoms with E-state index in [0.29, 0.717) is 48.5 Å². The molecule has 2 aliphatic rings. The SMILES string of the molecule is O=C(Nc1cccc(Cl)c1Cl)N1CCN(C(=O)[C@H]2CCCO2)CC1. The van der Waals surface area contributed by atoms with Crippen molar-refractivity contribution in [2.45, 2.75) is 18.9 Å². The van der Waals surface area contributed by atoms with Gasteiger partial charge in [0, 0.05) is 32.8 Å². The Balaban J connectivity index is 1.53. The predicted octanol–water partition coefficient (Wildman–Crippen LogP) is 2.85. The summed E-state index contributed by atoms with van der Waals surface area (Å²) in [5, 5.41) is 3.47. The van der Waals surface area contributed by atoms with Gasteiger partial charge in [0.25, 0.3) is 5.91 Å². The van der Waals surface area contributed by atoms with Gasteiger partial charge in [0.2, 0.25) is 0 Å². The fourth-order valence-corrected chi connectivity index (χ4v) is 3.25. The number of ether oxygens (including phenoxy) is 1. The molecule has 0 spiro atoms. The highest BCUT2D eigenvalue weighted by Crippen LogP contribution is 2.29. The molecule has 2 aliphatic heterocycles. The van der Waals surface area contributed by atoms with Crippen LogP contribution in [-0.4, -0.2) is 60.6 Å². The van der Waals surface area contributed by atoms with E-state index in [1.807, 2.05) is 0 Å². The Bertz CT molecular complexity index is 627. The number of piperazine rings is 1. The van der Waals surface area contributed by atoms with Crippen LogP contribution in [0.3, 0.4) is 0 Å². The van der Waals surface area contributed by atoms with Gasteiger partial charge in [-0.05, 0) is 25.0 Å². The maximum Gasteiger partial charge on any atom is 0.322 e. The highest BCUT2D eigenvalue weighted by Gasteiger charge is 2.31. The first kappa shape index (κ1) is 17.3. The third kappa shape index (κ3) is 3.77. The van der Waals surface area contributed by atoms with E-state index in [1.54, 1.807) is 28.0 Å². The van der Waals surface area contributed by atoms with Gasteiger partial charge in [0.1, 0.15) is 6.10 Å². The van der Waals surface area contributed by atoms with E-state index in [4.69, 9.17) is 27.9 Å². The fraction of sp³-hybridized carbons (Fsp3) is 0.500. The second-order valence-electron chi connectivity index (χ2n) is 5.85. The van der Waals surface area contributed by atoms with Gasteiger partial charge in [-0.3, -0.25) is 4.79 Å². The average molecular weight is 372 g/mol. The van der Waals surface area contributed by atoms with Crippen LogP contribution in [0.5, 0.6) is 0 Å².